The molecule has 0 amide bonds. The van der Waals surface area contributed by atoms with E-state index in [1.807, 2.05) is 18.5 Å². The zero-order valence-electron chi connectivity index (χ0n) is 18.3. The fraction of sp³-hybridized carbons (Fsp3) is 0.393. The zero-order valence-corrected chi connectivity index (χ0v) is 18.3. The molecular formula is C28H29NO2. The molecule has 0 unspecified atom stereocenters. The highest BCUT2D eigenvalue weighted by Gasteiger charge is 2.52. The summed E-state index contributed by atoms with van der Waals surface area (Å²) in [5.74, 6) is 2.82. The summed E-state index contributed by atoms with van der Waals surface area (Å²) in [6.45, 7) is 2.51. The number of benzene rings is 2. The lowest BCUT2D eigenvalue weighted by Crippen LogP contribution is -2.40. The van der Waals surface area contributed by atoms with Crippen molar-refractivity contribution in [2.45, 2.75) is 44.9 Å². The summed E-state index contributed by atoms with van der Waals surface area (Å²) >= 11 is 0. The molecule has 0 saturated heterocycles. The van der Waals surface area contributed by atoms with Crippen molar-refractivity contribution in [1.29, 1.82) is 0 Å². The highest BCUT2D eigenvalue weighted by molar-refractivity contribution is 5.95. The van der Waals surface area contributed by atoms with Gasteiger partial charge in [0.1, 0.15) is 0 Å². The molecule has 31 heavy (non-hydrogen) atoms. The van der Waals surface area contributed by atoms with E-state index in [4.69, 9.17) is 4.74 Å². The van der Waals surface area contributed by atoms with Crippen molar-refractivity contribution in [2.75, 3.05) is 7.11 Å². The number of allylic oxidation sites excluding steroid dienone is 2. The molecule has 0 radical (unpaired) electrons. The average Bonchev–Trinajstić information content (AvgIpc) is 3.15. The number of aryl methyl sites for hydroxylation is 1. The van der Waals surface area contributed by atoms with Gasteiger partial charge in [0.05, 0.1) is 7.11 Å². The minimum Gasteiger partial charge on any atom is -0.504 e. The van der Waals surface area contributed by atoms with Gasteiger partial charge < -0.3 is 9.84 Å². The van der Waals surface area contributed by atoms with Crippen molar-refractivity contribution in [1.82, 2.24) is 4.98 Å². The lowest BCUT2D eigenvalue weighted by Gasteiger charge is -2.50. The minimum atomic E-state index is 0.219. The first kappa shape index (κ1) is 18.9. The van der Waals surface area contributed by atoms with Gasteiger partial charge in [-0.05, 0) is 101 Å². The number of hydrogen-bond acceptors (Lipinski definition) is 3. The maximum atomic E-state index is 10.3. The van der Waals surface area contributed by atoms with Crippen LogP contribution in [0.1, 0.15) is 55.2 Å². The summed E-state index contributed by atoms with van der Waals surface area (Å²) in [6, 6.07) is 12.9. The average molecular weight is 412 g/mol. The van der Waals surface area contributed by atoms with E-state index in [2.05, 4.69) is 48.3 Å². The second-order valence-corrected chi connectivity index (χ2v) is 9.85. The third-order valence-corrected chi connectivity index (χ3v) is 8.58. The summed E-state index contributed by atoms with van der Waals surface area (Å²) in [5, 5.41) is 12.8. The lowest BCUT2D eigenvalue weighted by molar-refractivity contribution is 0.0884. The van der Waals surface area contributed by atoms with Crippen LogP contribution in [0, 0.1) is 17.3 Å². The van der Waals surface area contributed by atoms with Crippen LogP contribution in [0.3, 0.4) is 0 Å². The van der Waals surface area contributed by atoms with Crippen LogP contribution in [-0.2, 0) is 6.42 Å². The van der Waals surface area contributed by atoms with E-state index in [9.17, 15) is 5.11 Å². The van der Waals surface area contributed by atoms with Gasteiger partial charge in [-0.3, -0.25) is 4.98 Å². The summed E-state index contributed by atoms with van der Waals surface area (Å²) in [6.07, 6.45) is 12.3. The first-order valence-electron chi connectivity index (χ1n) is 11.5. The molecule has 1 fully saturated rings. The Bertz CT molecular complexity index is 1210. The van der Waals surface area contributed by atoms with Crippen LogP contribution in [0.25, 0.3) is 16.3 Å². The Labute approximate surface area is 183 Å². The molecule has 6 rings (SSSR count). The van der Waals surface area contributed by atoms with Crippen molar-refractivity contribution >= 4 is 16.3 Å². The SMILES string of the molecule is COc1cc2c(cc1O)CC[C@@H]1[C@@H]2CC[C@]2(C)C(c3cccc4cnccc34)=CC[C@@H]12. The van der Waals surface area contributed by atoms with Crippen LogP contribution in [0.5, 0.6) is 11.5 Å². The fourth-order valence-electron chi connectivity index (χ4n) is 7.09. The van der Waals surface area contributed by atoms with Crippen molar-refractivity contribution < 1.29 is 9.84 Å². The lowest BCUT2D eigenvalue weighted by atomic mass is 9.54. The number of aromatic nitrogens is 1. The molecule has 1 N–H and O–H groups in total. The third-order valence-electron chi connectivity index (χ3n) is 8.58. The summed E-state index contributed by atoms with van der Waals surface area (Å²) in [4.78, 5) is 4.33. The summed E-state index contributed by atoms with van der Waals surface area (Å²) in [7, 11) is 1.65. The van der Waals surface area contributed by atoms with Gasteiger partial charge >= 0.3 is 0 Å². The molecule has 2 aromatic carbocycles. The molecule has 1 saturated carbocycles. The summed E-state index contributed by atoms with van der Waals surface area (Å²) in [5.41, 5.74) is 5.89. The maximum absolute atomic E-state index is 10.3. The molecule has 1 heterocycles. The number of ether oxygens (including phenoxy) is 1. The topological polar surface area (TPSA) is 42.4 Å². The summed E-state index contributed by atoms with van der Waals surface area (Å²) < 4.78 is 5.45. The molecule has 0 aliphatic heterocycles. The number of hydrogen-bond donors (Lipinski definition) is 1. The molecular weight excluding hydrogens is 382 g/mol. The van der Waals surface area contributed by atoms with E-state index in [0.29, 0.717) is 23.5 Å². The van der Waals surface area contributed by atoms with Crippen molar-refractivity contribution in [3.05, 3.63) is 71.6 Å². The van der Waals surface area contributed by atoms with Crippen LogP contribution < -0.4 is 4.74 Å². The molecule has 3 heteroatoms. The minimum absolute atomic E-state index is 0.219. The highest BCUT2D eigenvalue weighted by Crippen LogP contribution is 2.63. The predicted octanol–water partition coefficient (Wildman–Crippen LogP) is 6.50. The monoisotopic (exact) mass is 411 g/mol. The van der Waals surface area contributed by atoms with Gasteiger partial charge in [-0.2, -0.15) is 0 Å². The number of rotatable bonds is 2. The maximum Gasteiger partial charge on any atom is 0.160 e. The van der Waals surface area contributed by atoms with Crippen molar-refractivity contribution in [3.63, 3.8) is 0 Å². The van der Waals surface area contributed by atoms with E-state index < -0.39 is 0 Å². The molecule has 3 aliphatic carbocycles. The fourth-order valence-corrected chi connectivity index (χ4v) is 7.09. The largest absolute Gasteiger partial charge is 0.504 e. The predicted molar refractivity (Wildman–Crippen MR) is 124 cm³/mol. The quantitative estimate of drug-likeness (QED) is 0.523. The van der Waals surface area contributed by atoms with Crippen LogP contribution >= 0.6 is 0 Å². The standard InChI is InChI=1S/C28H29NO2/c1-28-12-10-20-22(7-6-17-14-26(30)27(31-2)15-23(17)20)25(28)9-8-24(28)21-5-3-4-18-16-29-13-11-19(18)21/h3-5,8,11,13-16,20,22,25,30H,6-7,9-10,12H2,1-2H3/t20-,22+,25-,28+/m0/s1. The molecule has 1 aromatic heterocycles. The van der Waals surface area contributed by atoms with Gasteiger partial charge in [0, 0.05) is 17.8 Å². The second kappa shape index (κ2) is 6.85. The van der Waals surface area contributed by atoms with Gasteiger partial charge in [-0.25, -0.2) is 0 Å². The van der Waals surface area contributed by atoms with Crippen LogP contribution in [-0.4, -0.2) is 17.2 Å². The van der Waals surface area contributed by atoms with Gasteiger partial charge in [0.2, 0.25) is 0 Å². The highest BCUT2D eigenvalue weighted by atomic mass is 16.5. The van der Waals surface area contributed by atoms with Crippen LogP contribution in [0.15, 0.2) is 54.9 Å². The molecule has 0 spiro atoms. The first-order valence-corrected chi connectivity index (χ1v) is 11.5. The second-order valence-electron chi connectivity index (χ2n) is 9.85. The number of nitrogens with zero attached hydrogens (tertiary/aromatic N) is 1. The molecule has 3 aliphatic rings. The van der Waals surface area contributed by atoms with E-state index in [-0.39, 0.29) is 11.2 Å². The first-order chi connectivity index (χ1) is 15.1. The molecule has 3 nitrogen and oxygen atoms in total. The molecule has 3 aromatic rings. The van der Waals surface area contributed by atoms with E-state index in [1.54, 1.807) is 12.7 Å². The third kappa shape index (κ3) is 2.68. The van der Waals surface area contributed by atoms with Crippen molar-refractivity contribution in [2.24, 2.45) is 17.3 Å². The van der Waals surface area contributed by atoms with Gasteiger partial charge in [0.25, 0.3) is 0 Å². The normalized spacial score (nSPS) is 29.1. The van der Waals surface area contributed by atoms with Gasteiger partial charge in [0.15, 0.2) is 11.5 Å². The molecule has 0 bridgehead atoms. The van der Waals surface area contributed by atoms with Gasteiger partial charge in [-0.1, -0.05) is 31.2 Å². The van der Waals surface area contributed by atoms with Crippen LogP contribution in [0.4, 0.5) is 0 Å². The van der Waals surface area contributed by atoms with E-state index in [0.717, 1.165) is 6.42 Å². The number of aromatic hydroxyl groups is 1. The Hall–Kier alpha value is -2.81. The van der Waals surface area contributed by atoms with Gasteiger partial charge in [-0.15, -0.1) is 0 Å². The molecule has 158 valence electrons. The Morgan fingerprint density at radius 1 is 1.16 bits per heavy atom. The van der Waals surface area contributed by atoms with Crippen molar-refractivity contribution in [3.8, 4) is 11.5 Å². The Morgan fingerprint density at radius 3 is 2.94 bits per heavy atom. The van der Waals surface area contributed by atoms with E-state index in [1.165, 1.54) is 53.1 Å². The van der Waals surface area contributed by atoms with E-state index >= 15 is 0 Å². The number of phenols is 1. The smallest absolute Gasteiger partial charge is 0.160 e. The Kier molecular flexibility index (Phi) is 4.18. The Morgan fingerprint density at radius 2 is 2.06 bits per heavy atom. The Balaban J connectivity index is 1.38. The number of methoxy groups -OCH3 is 1. The number of fused-ring (bicyclic) bond motifs is 6. The number of phenolic OH excluding ortho intramolecular Hbond substituents is 1. The molecule has 4 atom stereocenters. The number of pyridine rings is 1. The zero-order chi connectivity index (χ0) is 21.2. The van der Waals surface area contributed by atoms with Crippen LogP contribution in [0.2, 0.25) is 0 Å².